The van der Waals surface area contributed by atoms with E-state index in [2.05, 4.69) is 36.8 Å². The van der Waals surface area contributed by atoms with Crippen molar-refractivity contribution in [3.8, 4) is 0 Å². The van der Waals surface area contributed by atoms with Gasteiger partial charge in [-0.2, -0.15) is 5.10 Å². The largest absolute Gasteiger partial charge is 0.367 e. The molecule has 28 heavy (non-hydrogen) atoms. The summed E-state index contributed by atoms with van der Waals surface area (Å²) in [6.07, 6.45) is 9.16. The molecule has 0 radical (unpaired) electrons. The zero-order valence-electron chi connectivity index (χ0n) is 15.8. The normalized spacial score (nSPS) is 21.6. The second-order valence-corrected chi connectivity index (χ2v) is 8.55. The third-order valence-electron chi connectivity index (χ3n) is 6.03. The molecule has 1 saturated heterocycles. The summed E-state index contributed by atoms with van der Waals surface area (Å²) in [7, 11) is 0. The molecule has 0 aromatic carbocycles. The molecule has 5 rings (SSSR count). The molecule has 2 fully saturated rings. The lowest BCUT2D eigenvalue weighted by Crippen LogP contribution is -2.67. The molecule has 3 heterocycles. The maximum atomic E-state index is 5.56. The van der Waals surface area contributed by atoms with Crippen LogP contribution in [0.4, 0.5) is 5.82 Å². The van der Waals surface area contributed by atoms with Crippen molar-refractivity contribution >= 4 is 28.9 Å². The first kappa shape index (κ1) is 17.6. The summed E-state index contributed by atoms with van der Waals surface area (Å²) in [6.45, 7) is 2.03. The minimum atomic E-state index is 0.407. The molecule has 0 atom stereocenters. The van der Waals surface area contributed by atoms with Gasteiger partial charge in [-0.05, 0) is 68.1 Å². The van der Waals surface area contributed by atoms with Gasteiger partial charge < -0.3 is 10.2 Å². The Bertz CT molecular complexity index is 898. The number of rotatable bonds is 3. The fraction of sp³-hybridized carbons (Fsp3) is 0.429. The van der Waals surface area contributed by atoms with Crippen molar-refractivity contribution in [2.24, 2.45) is 10.5 Å². The number of nitrogens with one attached hydrogen (secondary N) is 2. The first-order valence-corrected chi connectivity index (χ1v) is 10.3. The van der Waals surface area contributed by atoms with Gasteiger partial charge >= 0.3 is 0 Å². The lowest BCUT2D eigenvalue weighted by atomic mass is 9.61. The minimum Gasteiger partial charge on any atom is -0.367 e. The summed E-state index contributed by atoms with van der Waals surface area (Å²) in [5.74, 6) is 0.966. The summed E-state index contributed by atoms with van der Waals surface area (Å²) >= 11 is 5.56. The van der Waals surface area contributed by atoms with Crippen molar-refractivity contribution in [1.29, 1.82) is 0 Å². The van der Waals surface area contributed by atoms with Crippen LogP contribution in [0.15, 0.2) is 47.8 Å². The average molecular weight is 393 g/mol. The van der Waals surface area contributed by atoms with Crippen LogP contribution < -0.4 is 10.7 Å². The van der Waals surface area contributed by atoms with Gasteiger partial charge in [-0.15, -0.1) is 0 Å². The molecule has 6 nitrogen and oxygen atoms in total. The number of pyridine rings is 2. The topological polar surface area (TPSA) is 65.4 Å². The number of hydrazone groups is 1. The van der Waals surface area contributed by atoms with Crippen LogP contribution in [-0.2, 0) is 6.42 Å². The number of aryl methyl sites for hydroxylation is 1. The number of fused-ring (bicyclic) bond motifs is 1. The van der Waals surface area contributed by atoms with Crippen molar-refractivity contribution in [2.45, 2.75) is 38.1 Å². The standard InChI is InChI=1S/C21H24N6S/c28-20(26-25-17-7-3-5-15-6-4-10-23-19(15)17)27-13-21(14-27)11-16(12-21)24-18-8-1-2-9-22-18/h1-2,4,6,8-10,16H,3,5,7,11-14H2,(H,22,24)(H,26,28)/b25-17+. The maximum Gasteiger partial charge on any atom is 0.189 e. The zero-order chi connectivity index (χ0) is 19.0. The molecular weight excluding hydrogens is 368 g/mol. The van der Waals surface area contributed by atoms with Crippen molar-refractivity contribution in [3.63, 3.8) is 0 Å². The van der Waals surface area contributed by atoms with E-state index in [1.54, 1.807) is 0 Å². The van der Waals surface area contributed by atoms with Gasteiger partial charge in [-0.1, -0.05) is 12.1 Å². The van der Waals surface area contributed by atoms with E-state index in [4.69, 9.17) is 12.2 Å². The second kappa shape index (κ2) is 7.13. The Morgan fingerprint density at radius 2 is 1.96 bits per heavy atom. The average Bonchev–Trinajstić information content (AvgIpc) is 2.67. The third-order valence-corrected chi connectivity index (χ3v) is 6.38. The highest BCUT2D eigenvalue weighted by molar-refractivity contribution is 7.80. The highest BCUT2D eigenvalue weighted by atomic mass is 32.1. The molecule has 1 spiro atoms. The van der Waals surface area contributed by atoms with E-state index in [0.29, 0.717) is 11.5 Å². The van der Waals surface area contributed by atoms with Gasteiger partial charge in [0.25, 0.3) is 0 Å². The second-order valence-electron chi connectivity index (χ2n) is 8.16. The summed E-state index contributed by atoms with van der Waals surface area (Å²) < 4.78 is 0. The van der Waals surface area contributed by atoms with Crippen LogP contribution in [0.2, 0.25) is 0 Å². The van der Waals surface area contributed by atoms with Crippen molar-refractivity contribution in [2.75, 3.05) is 18.4 Å². The molecule has 0 unspecified atom stereocenters. The maximum absolute atomic E-state index is 5.56. The molecule has 144 valence electrons. The molecule has 2 aromatic rings. The zero-order valence-corrected chi connectivity index (χ0v) is 16.6. The van der Waals surface area contributed by atoms with Gasteiger partial charge in [0.15, 0.2) is 5.11 Å². The molecule has 2 aliphatic carbocycles. The molecule has 0 bridgehead atoms. The Hall–Kier alpha value is -2.54. The fourth-order valence-electron chi connectivity index (χ4n) is 4.67. The van der Waals surface area contributed by atoms with Gasteiger partial charge in [-0.25, -0.2) is 4.98 Å². The number of anilines is 1. The first-order valence-electron chi connectivity index (χ1n) is 9.94. The molecule has 0 amide bonds. The smallest absolute Gasteiger partial charge is 0.189 e. The van der Waals surface area contributed by atoms with E-state index in [-0.39, 0.29) is 0 Å². The molecule has 2 aromatic heterocycles. The van der Waals surface area contributed by atoms with E-state index in [1.807, 2.05) is 36.7 Å². The Morgan fingerprint density at radius 3 is 2.79 bits per heavy atom. The Balaban J connectivity index is 1.12. The van der Waals surface area contributed by atoms with E-state index >= 15 is 0 Å². The predicted molar refractivity (Wildman–Crippen MR) is 114 cm³/mol. The summed E-state index contributed by atoms with van der Waals surface area (Å²) in [5.41, 5.74) is 6.84. The van der Waals surface area contributed by atoms with Crippen LogP contribution in [0, 0.1) is 5.41 Å². The van der Waals surface area contributed by atoms with E-state index in [0.717, 1.165) is 54.7 Å². The van der Waals surface area contributed by atoms with E-state index < -0.39 is 0 Å². The van der Waals surface area contributed by atoms with Crippen LogP contribution in [-0.4, -0.2) is 44.8 Å². The number of hydrogen-bond donors (Lipinski definition) is 2. The molecule has 7 heteroatoms. The fourth-order valence-corrected chi connectivity index (χ4v) is 4.84. The highest BCUT2D eigenvalue weighted by Gasteiger charge is 2.53. The summed E-state index contributed by atoms with van der Waals surface area (Å²) in [4.78, 5) is 11.1. The Morgan fingerprint density at radius 1 is 1.11 bits per heavy atom. The number of nitrogens with zero attached hydrogens (tertiary/aromatic N) is 4. The van der Waals surface area contributed by atoms with Crippen LogP contribution in [0.5, 0.6) is 0 Å². The minimum absolute atomic E-state index is 0.407. The van der Waals surface area contributed by atoms with E-state index in [9.17, 15) is 0 Å². The number of thiocarbonyl (C=S) groups is 1. The Labute approximate surface area is 170 Å². The molecule has 2 N–H and O–H groups in total. The molecule has 3 aliphatic rings. The van der Waals surface area contributed by atoms with Crippen LogP contribution >= 0.6 is 12.2 Å². The van der Waals surface area contributed by atoms with Gasteiger partial charge in [-0.3, -0.25) is 10.4 Å². The monoisotopic (exact) mass is 392 g/mol. The van der Waals surface area contributed by atoms with Gasteiger partial charge in [0.05, 0.1) is 11.4 Å². The number of likely N-dealkylation sites (tertiary alicyclic amines) is 1. The highest BCUT2D eigenvalue weighted by Crippen LogP contribution is 2.49. The van der Waals surface area contributed by atoms with Crippen molar-refractivity contribution in [1.82, 2.24) is 20.3 Å². The lowest BCUT2D eigenvalue weighted by Gasteiger charge is -2.59. The van der Waals surface area contributed by atoms with E-state index in [1.165, 1.54) is 18.4 Å². The predicted octanol–water partition coefficient (Wildman–Crippen LogP) is 2.97. The van der Waals surface area contributed by atoms with Gasteiger partial charge in [0, 0.05) is 36.9 Å². The molecular formula is C21H24N6S. The quantitative estimate of drug-likeness (QED) is 0.618. The van der Waals surface area contributed by atoms with Gasteiger partial charge in [0.2, 0.25) is 0 Å². The first-order chi connectivity index (χ1) is 13.7. The van der Waals surface area contributed by atoms with Crippen LogP contribution in [0.1, 0.15) is 36.9 Å². The summed E-state index contributed by atoms with van der Waals surface area (Å²) in [6, 6.07) is 10.6. The number of aromatic nitrogens is 2. The number of hydrogen-bond acceptors (Lipinski definition) is 5. The van der Waals surface area contributed by atoms with Crippen LogP contribution in [0.25, 0.3) is 0 Å². The molecule has 1 aliphatic heterocycles. The van der Waals surface area contributed by atoms with Gasteiger partial charge in [0.1, 0.15) is 5.82 Å². The SMILES string of the molecule is S=C(N/N=C1\CCCc2cccnc21)N1CC2(CC(Nc3ccccn3)C2)C1. The lowest BCUT2D eigenvalue weighted by molar-refractivity contribution is -0.0262. The van der Waals surface area contributed by atoms with Crippen molar-refractivity contribution < 1.29 is 0 Å². The summed E-state index contributed by atoms with van der Waals surface area (Å²) in [5, 5.41) is 8.83. The van der Waals surface area contributed by atoms with Crippen LogP contribution in [0.3, 0.4) is 0 Å². The third kappa shape index (κ3) is 3.35. The Kier molecular flexibility index (Phi) is 4.47. The molecule has 1 saturated carbocycles. The van der Waals surface area contributed by atoms with Crippen molar-refractivity contribution in [3.05, 3.63) is 54.0 Å².